The Balaban J connectivity index is 3.24. The van der Waals surface area contributed by atoms with Gasteiger partial charge in [0.15, 0.2) is 0 Å². The van der Waals surface area contributed by atoms with Crippen molar-refractivity contribution < 1.29 is 0 Å². The molecular formula is C10H24N2. The SMILES string of the molecule is CCCCN(C)CCC(C)CN. The molecule has 0 aliphatic carbocycles. The lowest BCUT2D eigenvalue weighted by Crippen LogP contribution is -2.24. The van der Waals surface area contributed by atoms with Gasteiger partial charge in [-0.3, -0.25) is 0 Å². The molecule has 2 N–H and O–H groups in total. The van der Waals surface area contributed by atoms with E-state index >= 15 is 0 Å². The molecule has 74 valence electrons. The molecule has 2 heteroatoms. The van der Waals surface area contributed by atoms with E-state index in [-0.39, 0.29) is 0 Å². The maximum Gasteiger partial charge on any atom is -0.00188 e. The largest absolute Gasteiger partial charge is 0.330 e. The molecule has 0 saturated carbocycles. The van der Waals surface area contributed by atoms with E-state index in [4.69, 9.17) is 5.73 Å². The van der Waals surface area contributed by atoms with Crippen molar-refractivity contribution in [2.75, 3.05) is 26.7 Å². The van der Waals surface area contributed by atoms with Crippen LogP contribution in [0.5, 0.6) is 0 Å². The van der Waals surface area contributed by atoms with Crippen LogP contribution in [0, 0.1) is 5.92 Å². The Morgan fingerprint density at radius 3 is 2.50 bits per heavy atom. The van der Waals surface area contributed by atoms with Crippen LogP contribution in [0.25, 0.3) is 0 Å². The zero-order valence-corrected chi connectivity index (χ0v) is 8.84. The summed E-state index contributed by atoms with van der Waals surface area (Å²) in [4.78, 5) is 2.40. The first-order valence-corrected chi connectivity index (χ1v) is 5.09. The smallest absolute Gasteiger partial charge is 0.00188 e. The van der Waals surface area contributed by atoms with Gasteiger partial charge in [0.1, 0.15) is 0 Å². The van der Waals surface area contributed by atoms with Crippen LogP contribution in [0.2, 0.25) is 0 Å². The second-order valence-corrected chi connectivity index (χ2v) is 3.79. The summed E-state index contributed by atoms with van der Waals surface area (Å²) in [5.74, 6) is 0.675. The molecule has 12 heavy (non-hydrogen) atoms. The molecule has 1 unspecified atom stereocenters. The summed E-state index contributed by atoms with van der Waals surface area (Å²) in [6, 6.07) is 0. The fraction of sp³-hybridized carbons (Fsp3) is 1.00. The molecule has 0 aliphatic heterocycles. The number of rotatable bonds is 7. The first-order valence-electron chi connectivity index (χ1n) is 5.09. The van der Waals surface area contributed by atoms with Crippen LogP contribution in [0.3, 0.4) is 0 Å². The molecular weight excluding hydrogens is 148 g/mol. The van der Waals surface area contributed by atoms with Gasteiger partial charge in [-0.15, -0.1) is 0 Å². The quantitative estimate of drug-likeness (QED) is 0.633. The third-order valence-electron chi connectivity index (χ3n) is 2.30. The highest BCUT2D eigenvalue weighted by Gasteiger charge is 2.01. The van der Waals surface area contributed by atoms with Crippen LogP contribution >= 0.6 is 0 Å². The van der Waals surface area contributed by atoms with Crippen LogP contribution in [0.1, 0.15) is 33.1 Å². The summed E-state index contributed by atoms with van der Waals surface area (Å²) >= 11 is 0. The summed E-state index contributed by atoms with van der Waals surface area (Å²) < 4.78 is 0. The molecule has 0 aliphatic rings. The van der Waals surface area contributed by atoms with E-state index in [0.29, 0.717) is 5.92 Å². The molecule has 0 heterocycles. The van der Waals surface area contributed by atoms with Crippen LogP contribution in [0.15, 0.2) is 0 Å². The number of hydrogen-bond acceptors (Lipinski definition) is 2. The minimum atomic E-state index is 0.675. The minimum absolute atomic E-state index is 0.675. The highest BCUT2D eigenvalue weighted by Crippen LogP contribution is 2.01. The maximum absolute atomic E-state index is 5.54. The summed E-state index contributed by atoms with van der Waals surface area (Å²) in [6.07, 6.45) is 3.83. The maximum atomic E-state index is 5.54. The monoisotopic (exact) mass is 172 g/mol. The van der Waals surface area contributed by atoms with Crippen molar-refractivity contribution in [3.8, 4) is 0 Å². The molecule has 0 aromatic carbocycles. The second kappa shape index (κ2) is 7.56. The van der Waals surface area contributed by atoms with Crippen molar-refractivity contribution >= 4 is 0 Å². The third kappa shape index (κ3) is 6.62. The van der Waals surface area contributed by atoms with E-state index in [0.717, 1.165) is 6.54 Å². The Labute approximate surface area is 77.1 Å². The first kappa shape index (κ1) is 11.9. The Hall–Kier alpha value is -0.0800. The summed E-state index contributed by atoms with van der Waals surface area (Å²) in [6.45, 7) is 7.69. The van der Waals surface area contributed by atoms with Gasteiger partial charge in [0, 0.05) is 0 Å². The molecule has 0 saturated heterocycles. The van der Waals surface area contributed by atoms with Crippen molar-refractivity contribution in [1.29, 1.82) is 0 Å². The van der Waals surface area contributed by atoms with Crippen LogP contribution in [-0.4, -0.2) is 31.6 Å². The van der Waals surface area contributed by atoms with E-state index in [9.17, 15) is 0 Å². The standard InChI is InChI=1S/C10H24N2/c1-4-5-7-12(3)8-6-10(2)9-11/h10H,4-9,11H2,1-3H3. The molecule has 1 atom stereocenters. The number of nitrogens with two attached hydrogens (primary N) is 1. The zero-order chi connectivity index (χ0) is 9.40. The van der Waals surface area contributed by atoms with Gasteiger partial charge in [-0.1, -0.05) is 20.3 Å². The number of unbranched alkanes of at least 4 members (excludes halogenated alkanes) is 1. The Kier molecular flexibility index (Phi) is 7.51. The van der Waals surface area contributed by atoms with Crippen LogP contribution in [-0.2, 0) is 0 Å². The molecule has 0 radical (unpaired) electrons. The molecule has 0 bridgehead atoms. The topological polar surface area (TPSA) is 29.3 Å². The number of hydrogen-bond donors (Lipinski definition) is 1. The average Bonchev–Trinajstić information content (AvgIpc) is 2.10. The minimum Gasteiger partial charge on any atom is -0.330 e. The van der Waals surface area contributed by atoms with Crippen molar-refractivity contribution in [2.24, 2.45) is 11.7 Å². The fourth-order valence-electron chi connectivity index (χ4n) is 1.10. The Morgan fingerprint density at radius 1 is 1.33 bits per heavy atom. The molecule has 0 aromatic heterocycles. The van der Waals surface area contributed by atoms with E-state index < -0.39 is 0 Å². The zero-order valence-electron chi connectivity index (χ0n) is 8.84. The molecule has 0 spiro atoms. The Morgan fingerprint density at radius 2 is 2.00 bits per heavy atom. The van der Waals surface area contributed by atoms with Gasteiger partial charge in [-0.25, -0.2) is 0 Å². The van der Waals surface area contributed by atoms with Gasteiger partial charge in [0.05, 0.1) is 0 Å². The predicted octanol–water partition coefficient (Wildman–Crippen LogP) is 1.70. The van der Waals surface area contributed by atoms with Crippen LogP contribution in [0.4, 0.5) is 0 Å². The van der Waals surface area contributed by atoms with Crippen molar-refractivity contribution in [3.63, 3.8) is 0 Å². The van der Waals surface area contributed by atoms with Gasteiger partial charge in [-0.2, -0.15) is 0 Å². The van der Waals surface area contributed by atoms with E-state index in [1.165, 1.54) is 32.4 Å². The van der Waals surface area contributed by atoms with E-state index in [1.807, 2.05) is 0 Å². The predicted molar refractivity (Wildman–Crippen MR) is 55.2 cm³/mol. The van der Waals surface area contributed by atoms with Crippen molar-refractivity contribution in [3.05, 3.63) is 0 Å². The normalized spacial score (nSPS) is 13.8. The fourth-order valence-corrected chi connectivity index (χ4v) is 1.10. The average molecular weight is 172 g/mol. The highest BCUT2D eigenvalue weighted by molar-refractivity contribution is 4.57. The van der Waals surface area contributed by atoms with Gasteiger partial charge in [-0.05, 0) is 45.4 Å². The van der Waals surface area contributed by atoms with E-state index in [2.05, 4.69) is 25.8 Å². The van der Waals surface area contributed by atoms with Gasteiger partial charge >= 0.3 is 0 Å². The summed E-state index contributed by atoms with van der Waals surface area (Å²) in [5, 5.41) is 0. The Bertz CT molecular complexity index is 93.8. The van der Waals surface area contributed by atoms with Gasteiger partial charge < -0.3 is 10.6 Å². The van der Waals surface area contributed by atoms with Crippen LogP contribution < -0.4 is 5.73 Å². The summed E-state index contributed by atoms with van der Waals surface area (Å²) in [5.41, 5.74) is 5.54. The highest BCUT2D eigenvalue weighted by atomic mass is 15.1. The molecule has 0 aromatic rings. The first-order chi connectivity index (χ1) is 5.70. The molecule has 0 amide bonds. The molecule has 0 fully saturated rings. The molecule has 2 nitrogen and oxygen atoms in total. The third-order valence-corrected chi connectivity index (χ3v) is 2.30. The lowest BCUT2D eigenvalue weighted by molar-refractivity contribution is 0.302. The summed E-state index contributed by atoms with van der Waals surface area (Å²) in [7, 11) is 2.19. The van der Waals surface area contributed by atoms with E-state index in [1.54, 1.807) is 0 Å². The second-order valence-electron chi connectivity index (χ2n) is 3.79. The lowest BCUT2D eigenvalue weighted by Gasteiger charge is -2.17. The molecule has 0 rings (SSSR count). The van der Waals surface area contributed by atoms with Crippen molar-refractivity contribution in [2.45, 2.75) is 33.1 Å². The van der Waals surface area contributed by atoms with Crippen molar-refractivity contribution in [1.82, 2.24) is 4.90 Å². The van der Waals surface area contributed by atoms with Gasteiger partial charge in [0.25, 0.3) is 0 Å². The van der Waals surface area contributed by atoms with Gasteiger partial charge in [0.2, 0.25) is 0 Å². The lowest BCUT2D eigenvalue weighted by atomic mass is 10.1. The number of nitrogens with zero attached hydrogens (tertiary/aromatic N) is 1.